The van der Waals surface area contributed by atoms with Crippen LogP contribution in [0, 0.1) is 5.92 Å². The van der Waals surface area contributed by atoms with Crippen LogP contribution in [0.1, 0.15) is 46.8 Å². The molecule has 0 unspecified atom stereocenters. The van der Waals surface area contributed by atoms with Crippen LogP contribution in [-0.4, -0.2) is 35.1 Å². The van der Waals surface area contributed by atoms with Crippen molar-refractivity contribution in [2.24, 2.45) is 5.92 Å². The monoisotopic (exact) mass is 527 g/mol. The summed E-state index contributed by atoms with van der Waals surface area (Å²) in [5.41, 5.74) is 1.87. The first-order valence-electron chi connectivity index (χ1n) is 14.2. The number of anilines is 2. The van der Waals surface area contributed by atoms with Gasteiger partial charge in [-0.3, -0.25) is 19.3 Å². The molecule has 4 aliphatic heterocycles. The number of Topliss-reactive ketones (excluding diaryl/α,β-unsaturated/α-hetero) is 1. The molecule has 2 fully saturated rings. The zero-order chi connectivity index (χ0) is 27.2. The van der Waals surface area contributed by atoms with Gasteiger partial charge in [-0.1, -0.05) is 79.7 Å². The van der Waals surface area contributed by atoms with Crippen molar-refractivity contribution in [1.82, 2.24) is 4.90 Å². The summed E-state index contributed by atoms with van der Waals surface area (Å²) in [4.78, 5) is 46.4. The van der Waals surface area contributed by atoms with Crippen LogP contribution >= 0.6 is 0 Å². The fourth-order valence-electron chi connectivity index (χ4n) is 8.48. The number of ketones is 1. The van der Waals surface area contributed by atoms with Crippen LogP contribution < -0.4 is 10.6 Å². The Bertz CT molecular complexity index is 1780. The maximum atomic E-state index is 14.9. The molecular formula is C34H29N3O3. The molecule has 4 aromatic carbocycles. The summed E-state index contributed by atoms with van der Waals surface area (Å²) >= 11 is 0. The Labute approximate surface area is 232 Å². The Morgan fingerprint density at radius 3 is 2.50 bits per heavy atom. The molecule has 4 aliphatic rings. The molecule has 4 atom stereocenters. The van der Waals surface area contributed by atoms with Gasteiger partial charge in [0, 0.05) is 28.5 Å². The topological polar surface area (TPSA) is 78.5 Å². The van der Waals surface area contributed by atoms with E-state index < -0.39 is 16.9 Å². The van der Waals surface area contributed by atoms with Gasteiger partial charge in [-0.25, -0.2) is 0 Å². The number of hydrogen-bond acceptors (Lipinski definition) is 4. The van der Waals surface area contributed by atoms with Gasteiger partial charge < -0.3 is 10.6 Å². The van der Waals surface area contributed by atoms with Crippen molar-refractivity contribution in [3.63, 3.8) is 0 Å². The number of carbonyl (C=O) groups is 3. The smallest absolute Gasteiger partial charge is 0.251 e. The van der Waals surface area contributed by atoms with E-state index >= 15 is 0 Å². The molecule has 198 valence electrons. The molecule has 0 radical (unpaired) electrons. The third-order valence-electron chi connectivity index (χ3n) is 9.92. The number of benzene rings is 4. The van der Waals surface area contributed by atoms with Crippen molar-refractivity contribution in [2.45, 2.75) is 43.2 Å². The SMILES string of the molecule is CCc1cccc2c1NC(=O)[C@@]21N2CCC[C@@H]2[C@H](C(=O)c2ccc3ccccc3c2)[C@]12C(=O)Nc1ccccc12. The van der Waals surface area contributed by atoms with Crippen molar-refractivity contribution >= 4 is 39.7 Å². The van der Waals surface area contributed by atoms with Crippen LogP contribution in [0.5, 0.6) is 0 Å². The van der Waals surface area contributed by atoms with Crippen LogP contribution in [0.2, 0.25) is 0 Å². The maximum Gasteiger partial charge on any atom is 0.251 e. The van der Waals surface area contributed by atoms with Gasteiger partial charge in [0.05, 0.1) is 5.92 Å². The minimum atomic E-state index is -1.42. The summed E-state index contributed by atoms with van der Waals surface area (Å²) in [5.74, 6) is -1.30. The van der Waals surface area contributed by atoms with E-state index in [1.54, 1.807) is 0 Å². The predicted molar refractivity (Wildman–Crippen MR) is 154 cm³/mol. The Morgan fingerprint density at radius 2 is 1.65 bits per heavy atom. The van der Waals surface area contributed by atoms with E-state index in [0.29, 0.717) is 17.8 Å². The largest absolute Gasteiger partial charge is 0.325 e. The maximum absolute atomic E-state index is 14.9. The lowest BCUT2D eigenvalue weighted by molar-refractivity contribution is -0.137. The third kappa shape index (κ3) is 2.60. The van der Waals surface area contributed by atoms with Gasteiger partial charge >= 0.3 is 0 Å². The molecule has 2 spiro atoms. The number of carbonyl (C=O) groups excluding carboxylic acids is 3. The van der Waals surface area contributed by atoms with Gasteiger partial charge in [0.1, 0.15) is 11.0 Å². The molecule has 4 aromatic rings. The van der Waals surface area contributed by atoms with Crippen molar-refractivity contribution in [2.75, 3.05) is 17.2 Å². The lowest BCUT2D eigenvalue weighted by atomic mass is 9.57. The van der Waals surface area contributed by atoms with Gasteiger partial charge in [-0.2, -0.15) is 0 Å². The van der Waals surface area contributed by atoms with E-state index in [1.807, 2.05) is 84.9 Å². The van der Waals surface area contributed by atoms with Gasteiger partial charge in [0.15, 0.2) is 5.78 Å². The highest BCUT2D eigenvalue weighted by molar-refractivity contribution is 6.21. The van der Waals surface area contributed by atoms with E-state index in [2.05, 4.69) is 22.5 Å². The summed E-state index contributed by atoms with van der Waals surface area (Å²) in [5, 5.41) is 8.37. The van der Waals surface area contributed by atoms with Gasteiger partial charge in [0.25, 0.3) is 5.91 Å². The molecule has 2 saturated heterocycles. The van der Waals surface area contributed by atoms with E-state index in [4.69, 9.17) is 0 Å². The van der Waals surface area contributed by atoms with E-state index in [1.165, 1.54) is 0 Å². The van der Waals surface area contributed by atoms with Crippen molar-refractivity contribution < 1.29 is 14.4 Å². The van der Waals surface area contributed by atoms with Gasteiger partial charge in [-0.15, -0.1) is 0 Å². The number of para-hydroxylation sites is 2. The van der Waals surface area contributed by atoms with Crippen LogP contribution in [0.15, 0.2) is 84.9 Å². The quantitative estimate of drug-likeness (QED) is 0.349. The highest BCUT2D eigenvalue weighted by Crippen LogP contribution is 2.68. The number of hydrogen-bond donors (Lipinski definition) is 2. The zero-order valence-corrected chi connectivity index (χ0v) is 22.2. The molecule has 40 heavy (non-hydrogen) atoms. The normalized spacial score (nSPS) is 28.1. The minimum absolute atomic E-state index is 0.0840. The van der Waals surface area contributed by atoms with Crippen LogP contribution in [0.25, 0.3) is 10.8 Å². The Kier molecular flexibility index (Phi) is 4.79. The summed E-state index contributed by atoms with van der Waals surface area (Å²) in [6, 6.07) is 27.1. The van der Waals surface area contributed by atoms with Crippen molar-refractivity contribution in [3.05, 3.63) is 107 Å². The summed E-state index contributed by atoms with van der Waals surface area (Å²) in [6.45, 7) is 2.71. The number of amides is 2. The number of nitrogens with zero attached hydrogens (tertiary/aromatic N) is 1. The van der Waals surface area contributed by atoms with Crippen LogP contribution in [0.4, 0.5) is 11.4 Å². The first-order chi connectivity index (χ1) is 19.5. The second-order valence-corrected chi connectivity index (χ2v) is 11.5. The standard InChI is InChI=1S/C34H29N3O3/c1-2-20-11-7-13-25-29(20)36-32(40)34(25)33(24-12-5-6-14-26(24)35-31(33)39)28(27-15-8-18-37(27)34)30(38)23-17-16-21-9-3-4-10-22(21)19-23/h3-7,9-14,16-17,19,27-28H,2,8,15,18H2,1H3,(H,35,39)(H,36,40)/t27-,28-,33-,34+/m1/s1. The third-order valence-corrected chi connectivity index (χ3v) is 9.92. The summed E-state index contributed by atoms with van der Waals surface area (Å²) in [6.07, 6.45) is 2.36. The average Bonchev–Trinajstić information content (AvgIpc) is 3.71. The molecule has 2 amide bonds. The summed E-state index contributed by atoms with van der Waals surface area (Å²) in [7, 11) is 0. The second-order valence-electron chi connectivity index (χ2n) is 11.5. The Balaban J connectivity index is 1.45. The molecule has 2 N–H and O–H groups in total. The fraction of sp³-hybridized carbons (Fsp3) is 0.265. The van der Waals surface area contributed by atoms with Gasteiger partial charge in [-0.05, 0) is 59.8 Å². The Hall–Kier alpha value is -4.29. The lowest BCUT2D eigenvalue weighted by Gasteiger charge is -2.43. The highest BCUT2D eigenvalue weighted by Gasteiger charge is 2.81. The lowest BCUT2D eigenvalue weighted by Crippen LogP contribution is -2.62. The van der Waals surface area contributed by atoms with E-state index in [0.717, 1.165) is 52.4 Å². The second kappa shape index (κ2) is 8.12. The zero-order valence-electron chi connectivity index (χ0n) is 22.2. The van der Waals surface area contributed by atoms with Crippen molar-refractivity contribution in [1.29, 1.82) is 0 Å². The Morgan fingerprint density at radius 1 is 0.875 bits per heavy atom. The first kappa shape index (κ1) is 23.6. The summed E-state index contributed by atoms with van der Waals surface area (Å²) < 4.78 is 0. The molecule has 6 nitrogen and oxygen atoms in total. The number of nitrogens with one attached hydrogen (secondary N) is 2. The molecule has 0 bridgehead atoms. The van der Waals surface area contributed by atoms with Crippen LogP contribution in [-0.2, 0) is 27.0 Å². The molecule has 0 saturated carbocycles. The van der Waals surface area contributed by atoms with Crippen molar-refractivity contribution in [3.8, 4) is 0 Å². The molecule has 0 aliphatic carbocycles. The average molecular weight is 528 g/mol. The van der Waals surface area contributed by atoms with Gasteiger partial charge in [0.2, 0.25) is 5.91 Å². The van der Waals surface area contributed by atoms with E-state index in [9.17, 15) is 14.4 Å². The minimum Gasteiger partial charge on any atom is -0.325 e. The molecule has 4 heterocycles. The molecule has 0 aromatic heterocycles. The van der Waals surface area contributed by atoms with Crippen LogP contribution in [0.3, 0.4) is 0 Å². The predicted octanol–water partition coefficient (Wildman–Crippen LogP) is 5.42. The molecule has 8 rings (SSSR count). The fourth-order valence-corrected chi connectivity index (χ4v) is 8.48. The number of rotatable bonds is 3. The first-order valence-corrected chi connectivity index (χ1v) is 14.2. The molecular weight excluding hydrogens is 498 g/mol. The van der Waals surface area contributed by atoms with E-state index in [-0.39, 0.29) is 23.6 Å². The number of aryl methyl sites for hydroxylation is 1. The molecule has 6 heteroatoms. The number of fused-ring (bicyclic) bond motifs is 8. The highest BCUT2D eigenvalue weighted by atomic mass is 16.2.